The van der Waals surface area contributed by atoms with Gasteiger partial charge >= 0.3 is 0 Å². The number of benzene rings is 2. The van der Waals surface area contributed by atoms with Crippen molar-refractivity contribution in [2.45, 2.75) is 31.0 Å². The van der Waals surface area contributed by atoms with Crippen LogP contribution in [0.1, 0.15) is 25.1 Å². The predicted octanol–water partition coefficient (Wildman–Crippen LogP) is 4.40. The van der Waals surface area contributed by atoms with Crippen LogP contribution in [0.15, 0.2) is 47.6 Å². The van der Waals surface area contributed by atoms with Gasteiger partial charge in [-0.15, -0.1) is 10.2 Å². The summed E-state index contributed by atoms with van der Waals surface area (Å²) in [5.41, 5.74) is 0.190. The average molecular weight is 462 g/mol. The summed E-state index contributed by atoms with van der Waals surface area (Å²) in [6, 6.07) is 9.32. The molecule has 1 fully saturated rings. The number of nitrogens with one attached hydrogen (secondary N) is 1. The number of hydrogen-bond donors (Lipinski definition) is 1. The number of aromatic nitrogens is 3. The molecule has 4 rings (SSSR count). The van der Waals surface area contributed by atoms with Crippen LogP contribution in [-0.2, 0) is 11.3 Å². The number of likely N-dealkylation sites (tertiary alicyclic amines) is 1. The van der Waals surface area contributed by atoms with Crippen molar-refractivity contribution >= 4 is 23.4 Å². The maximum atomic E-state index is 13.8. The number of anilines is 1. The second-order valence-corrected chi connectivity index (χ2v) is 8.42. The molecule has 1 N–H and O–H groups in total. The van der Waals surface area contributed by atoms with Gasteiger partial charge in [-0.1, -0.05) is 24.2 Å². The van der Waals surface area contributed by atoms with Crippen LogP contribution < -0.4 is 5.32 Å². The lowest BCUT2D eigenvalue weighted by Crippen LogP contribution is -2.30. The maximum absolute atomic E-state index is 13.8. The monoisotopic (exact) mass is 461 g/mol. The number of thioether (sulfide) groups is 1. The van der Waals surface area contributed by atoms with Gasteiger partial charge in [-0.25, -0.2) is 13.2 Å². The zero-order chi connectivity index (χ0) is 22.5. The molecule has 1 amide bonds. The van der Waals surface area contributed by atoms with Crippen molar-refractivity contribution < 1.29 is 18.0 Å². The Bertz CT molecular complexity index is 1060. The summed E-state index contributed by atoms with van der Waals surface area (Å²) in [6.07, 6.45) is 3.46. The van der Waals surface area contributed by atoms with Crippen LogP contribution in [0.5, 0.6) is 0 Å². The SMILES string of the molecule is O=C(CSc1nnc(CN2CCCCC2)n1-c1ccc(F)cc1)Nc1c(F)cccc1F. The number of nitrogens with zero attached hydrogens (tertiary/aromatic N) is 4. The van der Waals surface area contributed by atoms with Crippen molar-refractivity contribution in [3.8, 4) is 5.69 Å². The van der Waals surface area contributed by atoms with Gasteiger partial charge in [0.15, 0.2) is 11.0 Å². The fourth-order valence-corrected chi connectivity index (χ4v) is 4.36. The highest BCUT2D eigenvalue weighted by molar-refractivity contribution is 7.99. The van der Waals surface area contributed by atoms with E-state index in [9.17, 15) is 18.0 Å². The van der Waals surface area contributed by atoms with Gasteiger partial charge in [-0.2, -0.15) is 0 Å². The summed E-state index contributed by atoms with van der Waals surface area (Å²) in [7, 11) is 0. The lowest BCUT2D eigenvalue weighted by Gasteiger charge is -2.26. The Labute approximate surface area is 187 Å². The zero-order valence-corrected chi connectivity index (χ0v) is 18.0. The molecule has 10 heteroatoms. The number of rotatable bonds is 7. The number of carbonyl (C=O) groups excluding carboxylic acids is 1. The first-order valence-corrected chi connectivity index (χ1v) is 11.3. The maximum Gasteiger partial charge on any atom is 0.235 e. The lowest BCUT2D eigenvalue weighted by molar-refractivity contribution is -0.113. The van der Waals surface area contributed by atoms with Gasteiger partial charge in [-0.05, 0) is 62.3 Å². The Morgan fingerprint density at radius 2 is 1.66 bits per heavy atom. The van der Waals surface area contributed by atoms with E-state index in [1.54, 1.807) is 16.7 Å². The first-order valence-electron chi connectivity index (χ1n) is 10.3. The molecule has 0 atom stereocenters. The Morgan fingerprint density at radius 3 is 2.34 bits per heavy atom. The molecule has 2 heterocycles. The van der Waals surface area contributed by atoms with Crippen LogP contribution in [0.2, 0.25) is 0 Å². The highest BCUT2D eigenvalue weighted by Crippen LogP contribution is 2.25. The van der Waals surface area contributed by atoms with Crippen molar-refractivity contribution in [2.75, 3.05) is 24.2 Å². The highest BCUT2D eigenvalue weighted by Gasteiger charge is 2.20. The van der Waals surface area contributed by atoms with Crippen LogP contribution in [0.3, 0.4) is 0 Å². The summed E-state index contributed by atoms with van der Waals surface area (Å²) in [6.45, 7) is 2.52. The molecule has 0 spiro atoms. The van der Waals surface area contributed by atoms with E-state index >= 15 is 0 Å². The summed E-state index contributed by atoms with van der Waals surface area (Å²) in [5, 5.41) is 11.2. The molecule has 0 radical (unpaired) electrons. The molecule has 3 aromatic rings. The molecule has 1 aliphatic rings. The van der Waals surface area contributed by atoms with E-state index in [4.69, 9.17) is 0 Å². The van der Waals surface area contributed by atoms with Gasteiger partial charge in [0.05, 0.1) is 12.3 Å². The molecule has 0 saturated carbocycles. The summed E-state index contributed by atoms with van der Waals surface area (Å²) < 4.78 is 42.8. The lowest BCUT2D eigenvalue weighted by atomic mass is 10.1. The van der Waals surface area contributed by atoms with E-state index in [0.29, 0.717) is 23.2 Å². The summed E-state index contributed by atoms with van der Waals surface area (Å²) in [4.78, 5) is 14.6. The number of carbonyl (C=O) groups is 1. The second-order valence-electron chi connectivity index (χ2n) is 7.48. The molecule has 32 heavy (non-hydrogen) atoms. The third kappa shape index (κ3) is 5.31. The van der Waals surface area contributed by atoms with Crippen LogP contribution >= 0.6 is 11.8 Å². The van der Waals surface area contributed by atoms with Crippen LogP contribution in [0.25, 0.3) is 5.69 Å². The van der Waals surface area contributed by atoms with E-state index in [0.717, 1.165) is 49.8 Å². The van der Waals surface area contributed by atoms with E-state index in [1.165, 1.54) is 24.6 Å². The molecule has 168 valence electrons. The fourth-order valence-electron chi connectivity index (χ4n) is 3.59. The zero-order valence-electron chi connectivity index (χ0n) is 17.2. The average Bonchev–Trinajstić information content (AvgIpc) is 3.18. The van der Waals surface area contributed by atoms with Crippen molar-refractivity contribution in [1.82, 2.24) is 19.7 Å². The van der Waals surface area contributed by atoms with Gasteiger partial charge in [0.2, 0.25) is 5.91 Å². The molecule has 0 aliphatic carbocycles. The Kier molecular flexibility index (Phi) is 7.11. The smallest absolute Gasteiger partial charge is 0.235 e. The third-order valence-electron chi connectivity index (χ3n) is 5.16. The molecular formula is C22H22F3N5OS. The van der Waals surface area contributed by atoms with Crippen molar-refractivity contribution in [1.29, 1.82) is 0 Å². The molecular weight excluding hydrogens is 439 g/mol. The van der Waals surface area contributed by atoms with E-state index in [1.807, 2.05) is 0 Å². The van der Waals surface area contributed by atoms with Crippen molar-refractivity contribution in [3.63, 3.8) is 0 Å². The minimum absolute atomic E-state index is 0.128. The van der Waals surface area contributed by atoms with E-state index in [2.05, 4.69) is 20.4 Å². The second kappa shape index (κ2) is 10.2. The molecule has 0 unspecified atom stereocenters. The number of piperidine rings is 1. The number of para-hydroxylation sites is 1. The van der Waals surface area contributed by atoms with Crippen LogP contribution in [0.4, 0.5) is 18.9 Å². The standard InChI is InChI=1S/C22H22F3N5OS/c23-15-7-9-16(10-8-15)30-19(13-29-11-2-1-3-12-29)27-28-22(30)32-14-20(31)26-21-17(24)5-4-6-18(21)25/h4-10H,1-3,11-14H2,(H,26,31). The van der Waals surface area contributed by atoms with Gasteiger partial charge in [-0.3, -0.25) is 14.3 Å². The number of amides is 1. The van der Waals surface area contributed by atoms with Gasteiger partial charge in [0.1, 0.15) is 23.1 Å². The number of hydrogen-bond acceptors (Lipinski definition) is 5. The first kappa shape index (κ1) is 22.3. The minimum Gasteiger partial charge on any atom is -0.320 e. The van der Waals surface area contributed by atoms with Gasteiger partial charge in [0.25, 0.3) is 0 Å². The Balaban J connectivity index is 1.52. The van der Waals surface area contributed by atoms with Gasteiger partial charge < -0.3 is 5.32 Å². The third-order valence-corrected chi connectivity index (χ3v) is 6.09. The van der Waals surface area contributed by atoms with Crippen molar-refractivity contribution in [2.24, 2.45) is 0 Å². The largest absolute Gasteiger partial charge is 0.320 e. The number of halogens is 3. The molecule has 6 nitrogen and oxygen atoms in total. The van der Waals surface area contributed by atoms with Crippen LogP contribution in [0, 0.1) is 17.5 Å². The summed E-state index contributed by atoms with van der Waals surface area (Å²) >= 11 is 1.09. The first-order chi connectivity index (χ1) is 15.5. The predicted molar refractivity (Wildman–Crippen MR) is 116 cm³/mol. The Hall–Kier alpha value is -2.85. The molecule has 2 aromatic carbocycles. The molecule has 1 aromatic heterocycles. The topological polar surface area (TPSA) is 63.1 Å². The van der Waals surface area contributed by atoms with Crippen LogP contribution in [-0.4, -0.2) is 44.4 Å². The highest BCUT2D eigenvalue weighted by atomic mass is 32.2. The van der Waals surface area contributed by atoms with E-state index < -0.39 is 23.2 Å². The summed E-state index contributed by atoms with van der Waals surface area (Å²) in [5.74, 6) is -2.08. The van der Waals surface area contributed by atoms with Gasteiger partial charge in [0, 0.05) is 5.69 Å². The molecule has 1 aliphatic heterocycles. The van der Waals surface area contributed by atoms with Crippen molar-refractivity contribution in [3.05, 3.63) is 65.7 Å². The van der Waals surface area contributed by atoms with E-state index in [-0.39, 0.29) is 11.6 Å². The normalized spacial score (nSPS) is 14.5. The molecule has 1 saturated heterocycles. The fraction of sp³-hybridized carbons (Fsp3) is 0.318. The molecule has 0 bridgehead atoms. The Morgan fingerprint density at radius 1 is 0.969 bits per heavy atom. The minimum atomic E-state index is -0.846. The quantitative estimate of drug-likeness (QED) is 0.529.